The molecule has 1 saturated heterocycles. The highest BCUT2D eigenvalue weighted by Crippen LogP contribution is 2.37. The quantitative estimate of drug-likeness (QED) is 0.667. The maximum Gasteiger partial charge on any atom is 0.136 e. The fraction of sp³-hybridized carbons (Fsp3) is 1.00. The summed E-state index contributed by atoms with van der Waals surface area (Å²) in [4.78, 5) is 2.69. The van der Waals surface area contributed by atoms with Gasteiger partial charge in [-0.15, -0.1) is 0 Å². The van der Waals surface area contributed by atoms with E-state index in [1.165, 1.54) is 37.2 Å². The summed E-state index contributed by atoms with van der Waals surface area (Å²) in [7, 11) is 0. The predicted octanol–water partition coefficient (Wildman–Crippen LogP) is 3.08. The molecule has 0 aliphatic carbocycles. The molecule has 1 heterocycles. The zero-order valence-electron chi connectivity index (χ0n) is 12.4. The number of rotatable bonds is 4. The standard InChI is InChI=1S/C14H31N2/c1-8-13(4,5)15-11-14(6,7)16(9-2,10-3)12-15/h8-12H2,1-7H3/q+1. The highest BCUT2D eigenvalue weighted by Gasteiger charge is 2.52. The number of hydrogen-bond donors (Lipinski definition) is 0. The van der Waals surface area contributed by atoms with Crippen molar-refractivity contribution >= 4 is 0 Å². The molecule has 0 N–H and O–H groups in total. The molecule has 1 fully saturated rings. The Morgan fingerprint density at radius 2 is 1.62 bits per heavy atom. The van der Waals surface area contributed by atoms with Gasteiger partial charge in [-0.05, 0) is 48.0 Å². The van der Waals surface area contributed by atoms with Crippen LogP contribution in [0.1, 0.15) is 54.9 Å². The molecule has 0 aromatic rings. The molecule has 0 atom stereocenters. The summed E-state index contributed by atoms with van der Waals surface area (Å²) in [5, 5.41) is 0. The van der Waals surface area contributed by atoms with E-state index in [9.17, 15) is 0 Å². The Bertz CT molecular complexity index is 239. The number of nitrogens with zero attached hydrogens (tertiary/aromatic N) is 2. The van der Waals surface area contributed by atoms with Gasteiger partial charge in [0.05, 0.1) is 19.6 Å². The monoisotopic (exact) mass is 227 g/mol. The zero-order valence-corrected chi connectivity index (χ0v) is 12.4. The van der Waals surface area contributed by atoms with Gasteiger partial charge in [0.15, 0.2) is 0 Å². The summed E-state index contributed by atoms with van der Waals surface area (Å²) in [6.45, 7) is 21.6. The van der Waals surface area contributed by atoms with Crippen molar-refractivity contribution in [1.82, 2.24) is 4.90 Å². The van der Waals surface area contributed by atoms with Crippen molar-refractivity contribution in [2.45, 2.75) is 66.0 Å². The summed E-state index contributed by atoms with van der Waals surface area (Å²) in [6.07, 6.45) is 1.23. The molecular weight excluding hydrogens is 196 g/mol. The van der Waals surface area contributed by atoms with Gasteiger partial charge in [0.2, 0.25) is 0 Å². The van der Waals surface area contributed by atoms with Gasteiger partial charge in [-0.1, -0.05) is 6.92 Å². The number of hydrogen-bond acceptors (Lipinski definition) is 1. The first-order chi connectivity index (χ1) is 7.24. The SMILES string of the molecule is CCC(C)(C)N1CC(C)(C)[N+](CC)(CC)C1. The number of quaternary nitrogens is 1. The Morgan fingerprint density at radius 1 is 1.12 bits per heavy atom. The summed E-state index contributed by atoms with van der Waals surface area (Å²) in [6, 6.07) is 0. The molecule has 1 rings (SSSR count). The Labute approximate surface area is 102 Å². The molecule has 0 spiro atoms. The second kappa shape index (κ2) is 4.30. The van der Waals surface area contributed by atoms with Gasteiger partial charge in [-0.3, -0.25) is 0 Å². The van der Waals surface area contributed by atoms with E-state index in [2.05, 4.69) is 53.4 Å². The highest BCUT2D eigenvalue weighted by atomic mass is 15.5. The molecule has 2 heteroatoms. The van der Waals surface area contributed by atoms with Gasteiger partial charge in [0, 0.05) is 5.54 Å². The van der Waals surface area contributed by atoms with Crippen LogP contribution in [0.25, 0.3) is 0 Å². The summed E-state index contributed by atoms with van der Waals surface area (Å²) in [5.41, 5.74) is 0.748. The number of likely N-dealkylation sites (N-methyl/N-ethyl adjacent to an activating group) is 1. The van der Waals surface area contributed by atoms with E-state index in [1.54, 1.807) is 0 Å². The van der Waals surface area contributed by atoms with Crippen molar-refractivity contribution in [3.8, 4) is 0 Å². The first kappa shape index (κ1) is 14.0. The average Bonchev–Trinajstić information content (AvgIpc) is 2.51. The lowest BCUT2D eigenvalue weighted by atomic mass is 9.97. The molecule has 0 amide bonds. The molecule has 96 valence electrons. The molecule has 0 bridgehead atoms. The van der Waals surface area contributed by atoms with E-state index in [1.807, 2.05) is 0 Å². The van der Waals surface area contributed by atoms with Gasteiger partial charge < -0.3 is 4.48 Å². The first-order valence-electron chi connectivity index (χ1n) is 6.86. The Morgan fingerprint density at radius 3 is 1.94 bits per heavy atom. The fourth-order valence-corrected chi connectivity index (χ4v) is 3.09. The molecule has 0 aromatic heterocycles. The van der Waals surface area contributed by atoms with Crippen molar-refractivity contribution in [2.24, 2.45) is 0 Å². The lowest BCUT2D eigenvalue weighted by molar-refractivity contribution is -0.960. The van der Waals surface area contributed by atoms with Crippen LogP contribution in [0.2, 0.25) is 0 Å². The molecule has 0 aromatic carbocycles. The third-order valence-corrected chi connectivity index (χ3v) is 5.24. The molecule has 2 nitrogen and oxygen atoms in total. The van der Waals surface area contributed by atoms with Crippen molar-refractivity contribution in [3.05, 3.63) is 0 Å². The zero-order chi connectivity index (χ0) is 12.6. The third-order valence-electron chi connectivity index (χ3n) is 5.24. The Balaban J connectivity index is 2.95. The molecule has 0 saturated carbocycles. The molecular formula is C14H31N2+. The van der Waals surface area contributed by atoms with Crippen molar-refractivity contribution < 1.29 is 4.48 Å². The third kappa shape index (κ3) is 2.02. The van der Waals surface area contributed by atoms with Crippen molar-refractivity contribution in [1.29, 1.82) is 0 Å². The van der Waals surface area contributed by atoms with Gasteiger partial charge >= 0.3 is 0 Å². The lowest BCUT2D eigenvalue weighted by Crippen LogP contribution is -2.58. The van der Waals surface area contributed by atoms with E-state index in [-0.39, 0.29) is 0 Å². The largest absolute Gasteiger partial charge is 0.306 e. The van der Waals surface area contributed by atoms with Crippen LogP contribution in [0.3, 0.4) is 0 Å². The van der Waals surface area contributed by atoms with Crippen LogP contribution in [0.4, 0.5) is 0 Å². The molecule has 0 unspecified atom stereocenters. The van der Waals surface area contributed by atoms with E-state index < -0.39 is 0 Å². The Kier molecular flexibility index (Phi) is 3.76. The van der Waals surface area contributed by atoms with Crippen LogP contribution in [-0.4, -0.2) is 46.8 Å². The highest BCUT2D eigenvalue weighted by molar-refractivity contribution is 4.89. The molecule has 0 radical (unpaired) electrons. The van der Waals surface area contributed by atoms with Crippen LogP contribution in [0.15, 0.2) is 0 Å². The summed E-state index contributed by atoms with van der Waals surface area (Å²) >= 11 is 0. The molecule has 1 aliphatic rings. The molecule has 1 aliphatic heterocycles. The van der Waals surface area contributed by atoms with E-state index >= 15 is 0 Å². The minimum absolute atomic E-state index is 0.349. The lowest BCUT2D eigenvalue weighted by Gasteiger charge is -2.43. The van der Waals surface area contributed by atoms with Crippen LogP contribution < -0.4 is 0 Å². The van der Waals surface area contributed by atoms with Gasteiger partial charge in [0.1, 0.15) is 12.2 Å². The minimum atomic E-state index is 0.349. The second-order valence-electron chi connectivity index (χ2n) is 6.60. The predicted molar refractivity (Wildman–Crippen MR) is 71.4 cm³/mol. The van der Waals surface area contributed by atoms with E-state index in [0.29, 0.717) is 11.1 Å². The average molecular weight is 227 g/mol. The Hall–Kier alpha value is -0.0800. The van der Waals surface area contributed by atoms with E-state index in [0.717, 1.165) is 0 Å². The minimum Gasteiger partial charge on any atom is -0.306 e. The smallest absolute Gasteiger partial charge is 0.136 e. The summed E-state index contributed by atoms with van der Waals surface area (Å²) < 4.78 is 1.25. The van der Waals surface area contributed by atoms with Crippen LogP contribution in [0, 0.1) is 0 Å². The molecule has 16 heavy (non-hydrogen) atoms. The maximum absolute atomic E-state index is 2.69. The van der Waals surface area contributed by atoms with Crippen LogP contribution >= 0.6 is 0 Å². The topological polar surface area (TPSA) is 3.24 Å². The van der Waals surface area contributed by atoms with Gasteiger partial charge in [-0.25, -0.2) is 4.90 Å². The van der Waals surface area contributed by atoms with Crippen molar-refractivity contribution in [2.75, 3.05) is 26.3 Å². The van der Waals surface area contributed by atoms with Gasteiger partial charge in [-0.2, -0.15) is 0 Å². The maximum atomic E-state index is 2.69. The van der Waals surface area contributed by atoms with Crippen molar-refractivity contribution in [3.63, 3.8) is 0 Å². The van der Waals surface area contributed by atoms with Crippen LogP contribution in [0.5, 0.6) is 0 Å². The normalized spacial score (nSPS) is 24.9. The van der Waals surface area contributed by atoms with Gasteiger partial charge in [0.25, 0.3) is 0 Å². The van der Waals surface area contributed by atoms with Crippen LogP contribution in [-0.2, 0) is 0 Å². The first-order valence-corrected chi connectivity index (χ1v) is 6.86. The fourth-order valence-electron chi connectivity index (χ4n) is 3.09. The second-order valence-corrected chi connectivity index (χ2v) is 6.60. The summed E-state index contributed by atoms with van der Waals surface area (Å²) in [5.74, 6) is 0. The van der Waals surface area contributed by atoms with E-state index in [4.69, 9.17) is 0 Å².